The lowest BCUT2D eigenvalue weighted by atomic mass is 9.87. The van der Waals surface area contributed by atoms with Crippen LogP contribution in [0.25, 0.3) is 0 Å². The molecule has 2 rings (SSSR count). The van der Waals surface area contributed by atoms with E-state index in [0.29, 0.717) is 17.9 Å². The van der Waals surface area contributed by atoms with Crippen molar-refractivity contribution in [3.05, 3.63) is 23.8 Å². The van der Waals surface area contributed by atoms with Gasteiger partial charge in [-0.05, 0) is 37.1 Å². The van der Waals surface area contributed by atoms with E-state index >= 15 is 0 Å². The third kappa shape index (κ3) is 2.01. The summed E-state index contributed by atoms with van der Waals surface area (Å²) in [4.78, 5) is 11.8. The molecule has 1 aromatic carbocycles. The Morgan fingerprint density at radius 1 is 1.28 bits per heavy atom. The van der Waals surface area contributed by atoms with Crippen molar-refractivity contribution in [3.63, 3.8) is 0 Å². The summed E-state index contributed by atoms with van der Waals surface area (Å²) in [6.07, 6.45) is 1.61. The fourth-order valence-corrected chi connectivity index (χ4v) is 2.40. The molecule has 0 bridgehead atoms. The van der Waals surface area contributed by atoms with Gasteiger partial charge in [-0.15, -0.1) is 0 Å². The quantitative estimate of drug-likeness (QED) is 0.827. The molecule has 5 heteroatoms. The Kier molecular flexibility index (Phi) is 3.43. The van der Waals surface area contributed by atoms with Crippen LogP contribution in [-0.4, -0.2) is 26.7 Å². The maximum Gasteiger partial charge on any atom is 0.242 e. The van der Waals surface area contributed by atoms with Crippen molar-refractivity contribution >= 4 is 5.91 Å². The first-order valence-corrected chi connectivity index (χ1v) is 5.91. The van der Waals surface area contributed by atoms with Crippen LogP contribution in [0.5, 0.6) is 11.5 Å². The highest BCUT2D eigenvalue weighted by Gasteiger charge is 2.41. The molecule has 0 aromatic heterocycles. The Morgan fingerprint density at radius 3 is 2.28 bits per heavy atom. The SMILES string of the molecule is COc1cc(OC)cc(C2(C(N)=O)CCCN2)c1. The Balaban J connectivity index is 2.50. The predicted molar refractivity (Wildman–Crippen MR) is 67.7 cm³/mol. The van der Waals surface area contributed by atoms with Gasteiger partial charge in [-0.2, -0.15) is 0 Å². The lowest BCUT2D eigenvalue weighted by Crippen LogP contribution is -2.48. The van der Waals surface area contributed by atoms with Crippen LogP contribution in [0.1, 0.15) is 18.4 Å². The van der Waals surface area contributed by atoms with E-state index in [1.807, 2.05) is 12.1 Å². The minimum atomic E-state index is -0.804. The first-order chi connectivity index (χ1) is 8.62. The second kappa shape index (κ2) is 4.86. The summed E-state index contributed by atoms with van der Waals surface area (Å²) in [5.41, 5.74) is 5.56. The van der Waals surface area contributed by atoms with E-state index in [2.05, 4.69) is 5.32 Å². The van der Waals surface area contributed by atoms with E-state index in [1.165, 1.54) is 0 Å². The number of primary amides is 1. The highest BCUT2D eigenvalue weighted by molar-refractivity contribution is 5.86. The molecule has 3 N–H and O–H groups in total. The van der Waals surface area contributed by atoms with Gasteiger partial charge in [0, 0.05) is 6.07 Å². The second-order valence-electron chi connectivity index (χ2n) is 4.40. The number of ether oxygens (including phenoxy) is 2. The summed E-state index contributed by atoms with van der Waals surface area (Å²) in [5, 5.41) is 3.20. The van der Waals surface area contributed by atoms with E-state index < -0.39 is 5.54 Å². The summed E-state index contributed by atoms with van der Waals surface area (Å²) in [5.74, 6) is 0.938. The maximum absolute atomic E-state index is 11.8. The van der Waals surface area contributed by atoms with Gasteiger partial charge in [-0.3, -0.25) is 10.1 Å². The van der Waals surface area contributed by atoms with Gasteiger partial charge in [0.25, 0.3) is 0 Å². The summed E-state index contributed by atoms with van der Waals surface area (Å²) >= 11 is 0. The van der Waals surface area contributed by atoms with Gasteiger partial charge < -0.3 is 15.2 Å². The Labute approximate surface area is 106 Å². The van der Waals surface area contributed by atoms with Gasteiger partial charge in [0.15, 0.2) is 0 Å². The molecular weight excluding hydrogens is 232 g/mol. The summed E-state index contributed by atoms with van der Waals surface area (Å²) in [6, 6.07) is 5.42. The van der Waals surface area contributed by atoms with E-state index in [4.69, 9.17) is 15.2 Å². The van der Waals surface area contributed by atoms with Gasteiger partial charge in [0.2, 0.25) is 5.91 Å². The van der Waals surface area contributed by atoms with Gasteiger partial charge in [0.1, 0.15) is 17.0 Å². The van der Waals surface area contributed by atoms with Crippen molar-refractivity contribution in [1.29, 1.82) is 0 Å². The molecule has 18 heavy (non-hydrogen) atoms. The highest BCUT2D eigenvalue weighted by atomic mass is 16.5. The highest BCUT2D eigenvalue weighted by Crippen LogP contribution is 2.35. The molecule has 1 aliphatic heterocycles. The van der Waals surface area contributed by atoms with Gasteiger partial charge in [0.05, 0.1) is 14.2 Å². The Hall–Kier alpha value is -1.75. The molecule has 0 radical (unpaired) electrons. The number of rotatable bonds is 4. The number of carbonyl (C=O) groups excluding carboxylic acids is 1. The number of carbonyl (C=O) groups is 1. The summed E-state index contributed by atoms with van der Waals surface area (Å²) in [7, 11) is 3.16. The second-order valence-corrected chi connectivity index (χ2v) is 4.40. The first kappa shape index (κ1) is 12.7. The maximum atomic E-state index is 11.8. The third-order valence-corrected chi connectivity index (χ3v) is 3.42. The van der Waals surface area contributed by atoms with Crippen molar-refractivity contribution in [2.75, 3.05) is 20.8 Å². The molecule has 5 nitrogen and oxygen atoms in total. The zero-order valence-electron chi connectivity index (χ0n) is 10.7. The van der Waals surface area contributed by atoms with Crippen molar-refractivity contribution < 1.29 is 14.3 Å². The van der Waals surface area contributed by atoms with Crippen LogP contribution in [0.15, 0.2) is 18.2 Å². The Bertz CT molecular complexity index is 431. The van der Waals surface area contributed by atoms with E-state index in [9.17, 15) is 4.79 Å². The van der Waals surface area contributed by atoms with E-state index in [-0.39, 0.29) is 5.91 Å². The molecule has 1 aliphatic rings. The molecule has 0 saturated carbocycles. The average Bonchev–Trinajstić information content (AvgIpc) is 2.88. The van der Waals surface area contributed by atoms with Gasteiger partial charge in [-0.25, -0.2) is 0 Å². The number of hydrogen-bond acceptors (Lipinski definition) is 4. The van der Waals surface area contributed by atoms with Crippen LogP contribution in [0.4, 0.5) is 0 Å². The summed E-state index contributed by atoms with van der Waals surface area (Å²) < 4.78 is 10.4. The molecule has 0 spiro atoms. The lowest BCUT2D eigenvalue weighted by Gasteiger charge is -2.27. The number of nitrogens with two attached hydrogens (primary N) is 1. The fraction of sp³-hybridized carbons (Fsp3) is 0.462. The molecule has 1 saturated heterocycles. The molecule has 0 aliphatic carbocycles. The monoisotopic (exact) mass is 250 g/mol. The van der Waals surface area contributed by atoms with Crippen LogP contribution in [-0.2, 0) is 10.3 Å². The topological polar surface area (TPSA) is 73.6 Å². The van der Waals surface area contributed by atoms with E-state index in [1.54, 1.807) is 20.3 Å². The van der Waals surface area contributed by atoms with Crippen molar-refractivity contribution in [3.8, 4) is 11.5 Å². The number of amides is 1. The van der Waals surface area contributed by atoms with Crippen LogP contribution in [0.2, 0.25) is 0 Å². The molecular formula is C13H18N2O3. The fourth-order valence-electron chi connectivity index (χ4n) is 2.40. The van der Waals surface area contributed by atoms with Crippen molar-refractivity contribution in [2.45, 2.75) is 18.4 Å². The van der Waals surface area contributed by atoms with Crippen molar-refractivity contribution in [1.82, 2.24) is 5.32 Å². The summed E-state index contributed by atoms with van der Waals surface area (Å²) in [6.45, 7) is 0.780. The molecule has 1 unspecified atom stereocenters. The zero-order chi connectivity index (χ0) is 13.2. The number of hydrogen-bond donors (Lipinski definition) is 2. The Morgan fingerprint density at radius 2 is 1.89 bits per heavy atom. The van der Waals surface area contributed by atoms with E-state index in [0.717, 1.165) is 18.5 Å². The molecule has 1 heterocycles. The number of methoxy groups -OCH3 is 2. The number of benzene rings is 1. The van der Waals surface area contributed by atoms with Crippen LogP contribution >= 0.6 is 0 Å². The minimum Gasteiger partial charge on any atom is -0.497 e. The normalized spacial score (nSPS) is 22.8. The smallest absolute Gasteiger partial charge is 0.242 e. The number of nitrogens with one attached hydrogen (secondary N) is 1. The third-order valence-electron chi connectivity index (χ3n) is 3.42. The zero-order valence-corrected chi connectivity index (χ0v) is 10.7. The van der Waals surface area contributed by atoms with Gasteiger partial charge >= 0.3 is 0 Å². The largest absolute Gasteiger partial charge is 0.497 e. The molecule has 98 valence electrons. The van der Waals surface area contributed by atoms with Crippen molar-refractivity contribution in [2.24, 2.45) is 5.73 Å². The van der Waals surface area contributed by atoms with Crippen LogP contribution in [0, 0.1) is 0 Å². The first-order valence-electron chi connectivity index (χ1n) is 5.91. The standard InChI is InChI=1S/C13H18N2O3/c1-17-10-6-9(7-11(8-10)18-2)13(12(14)16)4-3-5-15-13/h6-8,15H,3-5H2,1-2H3,(H2,14,16). The average molecular weight is 250 g/mol. The molecule has 1 amide bonds. The predicted octanol–water partition coefficient (Wildman–Crippen LogP) is 0.768. The minimum absolute atomic E-state index is 0.365. The lowest BCUT2D eigenvalue weighted by molar-refractivity contribution is -0.124. The molecule has 1 fully saturated rings. The van der Waals surface area contributed by atoms with Crippen LogP contribution < -0.4 is 20.5 Å². The van der Waals surface area contributed by atoms with Crippen LogP contribution in [0.3, 0.4) is 0 Å². The van der Waals surface area contributed by atoms with Gasteiger partial charge in [-0.1, -0.05) is 0 Å². The molecule has 1 aromatic rings. The molecule has 1 atom stereocenters.